The van der Waals surface area contributed by atoms with Gasteiger partial charge in [0.1, 0.15) is 0 Å². The van der Waals surface area contributed by atoms with Crippen molar-refractivity contribution in [2.45, 2.75) is 0 Å². The van der Waals surface area contributed by atoms with E-state index in [4.69, 9.17) is 0 Å². The summed E-state index contributed by atoms with van der Waals surface area (Å²) in [6.07, 6.45) is 3.18. The Morgan fingerprint density at radius 3 is 2.17 bits per heavy atom. The Morgan fingerprint density at radius 2 is 1.52 bits per heavy atom. The maximum atomic E-state index is 12.2. The molecule has 1 saturated heterocycles. The van der Waals surface area contributed by atoms with Crippen LogP contribution in [0.3, 0.4) is 0 Å². The minimum atomic E-state index is -0.186. The van der Waals surface area contributed by atoms with Crippen LogP contribution in [-0.2, 0) is 0 Å². The van der Waals surface area contributed by atoms with Crippen molar-refractivity contribution in [2.24, 2.45) is 0 Å². The van der Waals surface area contributed by atoms with Gasteiger partial charge in [0.05, 0.1) is 18.1 Å². The number of nitrogens with zero attached hydrogens (tertiary/aromatic N) is 4. The molecule has 1 aliphatic heterocycles. The fourth-order valence-electron chi connectivity index (χ4n) is 3.20. The van der Waals surface area contributed by atoms with E-state index < -0.39 is 0 Å². The molecule has 29 heavy (non-hydrogen) atoms. The van der Waals surface area contributed by atoms with Crippen LogP contribution in [0, 0.1) is 0 Å². The number of hydrogen-bond donors (Lipinski definition) is 2. The average Bonchev–Trinajstić information content (AvgIpc) is 2.77. The monoisotopic (exact) mass is 388 g/mol. The lowest BCUT2D eigenvalue weighted by Crippen LogP contribution is -2.44. The Balaban J connectivity index is 1.34. The van der Waals surface area contributed by atoms with Crippen LogP contribution in [0.5, 0.6) is 0 Å². The van der Waals surface area contributed by atoms with Crippen LogP contribution in [0.1, 0.15) is 10.4 Å². The second-order valence-corrected chi connectivity index (χ2v) is 7.08. The second kappa shape index (κ2) is 8.70. The van der Waals surface area contributed by atoms with Gasteiger partial charge in [0.25, 0.3) is 5.91 Å². The predicted octanol–water partition coefficient (Wildman–Crippen LogP) is 3.22. The number of amides is 1. The maximum absolute atomic E-state index is 12.2. The van der Waals surface area contributed by atoms with E-state index in [1.807, 2.05) is 30.3 Å². The first kappa shape index (κ1) is 18.9. The SMILES string of the molecule is CN1CCN(c2ccc(Nc3ncc(NC(=O)c4ccccc4)cn3)cc2)CC1. The van der Waals surface area contributed by atoms with Gasteiger partial charge in [0.15, 0.2) is 0 Å². The lowest BCUT2D eigenvalue weighted by molar-refractivity contribution is 0.102. The van der Waals surface area contributed by atoms with Crippen LogP contribution in [0.2, 0.25) is 0 Å². The van der Waals surface area contributed by atoms with Crippen molar-refractivity contribution in [2.75, 3.05) is 48.8 Å². The molecule has 0 radical (unpaired) electrons. The van der Waals surface area contributed by atoms with E-state index in [0.29, 0.717) is 17.2 Å². The van der Waals surface area contributed by atoms with E-state index in [9.17, 15) is 4.79 Å². The molecule has 2 N–H and O–H groups in total. The topological polar surface area (TPSA) is 73.4 Å². The first-order chi connectivity index (χ1) is 14.2. The number of carbonyl (C=O) groups is 1. The van der Waals surface area contributed by atoms with Gasteiger partial charge in [-0.2, -0.15) is 0 Å². The molecule has 1 aliphatic rings. The molecule has 0 aliphatic carbocycles. The fraction of sp³-hybridized carbons (Fsp3) is 0.227. The Labute approximate surface area is 170 Å². The number of aromatic nitrogens is 2. The van der Waals surface area contributed by atoms with Gasteiger partial charge >= 0.3 is 0 Å². The molecule has 0 unspecified atom stereocenters. The summed E-state index contributed by atoms with van der Waals surface area (Å²) in [7, 11) is 2.16. The van der Waals surface area contributed by atoms with Crippen LogP contribution in [-0.4, -0.2) is 54.0 Å². The van der Waals surface area contributed by atoms with Crippen molar-refractivity contribution in [3.8, 4) is 0 Å². The van der Waals surface area contributed by atoms with Gasteiger partial charge in [0, 0.05) is 43.1 Å². The highest BCUT2D eigenvalue weighted by Crippen LogP contribution is 2.21. The van der Waals surface area contributed by atoms with Crippen LogP contribution < -0.4 is 15.5 Å². The summed E-state index contributed by atoms with van der Waals surface area (Å²) < 4.78 is 0. The minimum Gasteiger partial charge on any atom is -0.369 e. The van der Waals surface area contributed by atoms with E-state index in [0.717, 1.165) is 31.9 Å². The predicted molar refractivity (Wildman–Crippen MR) is 116 cm³/mol. The first-order valence-corrected chi connectivity index (χ1v) is 9.66. The number of nitrogens with one attached hydrogen (secondary N) is 2. The lowest BCUT2D eigenvalue weighted by atomic mass is 10.2. The zero-order chi connectivity index (χ0) is 20.1. The second-order valence-electron chi connectivity index (χ2n) is 7.08. The number of likely N-dealkylation sites (N-methyl/N-ethyl adjacent to an activating group) is 1. The van der Waals surface area contributed by atoms with Crippen LogP contribution in [0.15, 0.2) is 67.0 Å². The highest BCUT2D eigenvalue weighted by Gasteiger charge is 2.14. The van der Waals surface area contributed by atoms with Crippen molar-refractivity contribution in [1.29, 1.82) is 0 Å². The summed E-state index contributed by atoms with van der Waals surface area (Å²) in [5.74, 6) is 0.296. The number of anilines is 4. The summed E-state index contributed by atoms with van der Waals surface area (Å²) in [5.41, 5.74) is 3.29. The minimum absolute atomic E-state index is 0.186. The Kier molecular flexibility index (Phi) is 5.67. The quantitative estimate of drug-likeness (QED) is 0.699. The summed E-state index contributed by atoms with van der Waals surface area (Å²) in [5, 5.41) is 5.99. The normalized spacial score (nSPS) is 14.4. The van der Waals surface area contributed by atoms with Gasteiger partial charge in [-0.05, 0) is 43.4 Å². The van der Waals surface area contributed by atoms with Gasteiger partial charge < -0.3 is 20.4 Å². The van der Waals surface area contributed by atoms with Crippen LogP contribution in [0.4, 0.5) is 23.0 Å². The van der Waals surface area contributed by atoms with Crippen molar-refractivity contribution in [1.82, 2.24) is 14.9 Å². The van der Waals surface area contributed by atoms with E-state index >= 15 is 0 Å². The van der Waals surface area contributed by atoms with Crippen LogP contribution >= 0.6 is 0 Å². The number of carbonyl (C=O) groups excluding carboxylic acids is 1. The number of hydrogen-bond acceptors (Lipinski definition) is 6. The van der Waals surface area contributed by atoms with Gasteiger partial charge in [-0.3, -0.25) is 4.79 Å². The largest absolute Gasteiger partial charge is 0.369 e. The molecule has 148 valence electrons. The summed E-state index contributed by atoms with van der Waals surface area (Å²) >= 11 is 0. The molecular weight excluding hydrogens is 364 g/mol. The summed E-state index contributed by atoms with van der Waals surface area (Å²) in [4.78, 5) is 25.5. The molecule has 3 aromatic rings. The maximum Gasteiger partial charge on any atom is 0.255 e. The van der Waals surface area contributed by atoms with E-state index in [2.05, 4.69) is 49.6 Å². The van der Waals surface area contributed by atoms with Gasteiger partial charge in [-0.25, -0.2) is 9.97 Å². The third kappa shape index (κ3) is 4.89. The Morgan fingerprint density at radius 1 is 0.862 bits per heavy atom. The molecule has 1 aromatic heterocycles. The standard InChI is InChI=1S/C22H24N6O/c1-27-11-13-28(14-12-27)20-9-7-18(8-10-20)26-22-23-15-19(16-24-22)25-21(29)17-5-3-2-4-6-17/h2-10,15-16H,11-14H2,1H3,(H,25,29)(H,23,24,26). The highest BCUT2D eigenvalue weighted by atomic mass is 16.1. The Bertz CT molecular complexity index is 935. The molecule has 1 amide bonds. The Hall–Kier alpha value is -3.45. The van der Waals surface area contributed by atoms with Crippen molar-refractivity contribution in [3.63, 3.8) is 0 Å². The van der Waals surface area contributed by atoms with Gasteiger partial charge in [-0.15, -0.1) is 0 Å². The summed E-state index contributed by atoms with van der Waals surface area (Å²) in [6.45, 7) is 4.26. The molecule has 2 heterocycles. The smallest absolute Gasteiger partial charge is 0.255 e. The molecule has 4 rings (SSSR count). The van der Waals surface area contributed by atoms with E-state index in [1.165, 1.54) is 5.69 Å². The first-order valence-electron chi connectivity index (χ1n) is 9.66. The third-order valence-corrected chi connectivity index (χ3v) is 4.94. The zero-order valence-corrected chi connectivity index (χ0v) is 16.4. The van der Waals surface area contributed by atoms with Gasteiger partial charge in [0.2, 0.25) is 5.95 Å². The molecule has 0 saturated carbocycles. The average molecular weight is 388 g/mol. The zero-order valence-electron chi connectivity index (χ0n) is 16.4. The highest BCUT2D eigenvalue weighted by molar-refractivity contribution is 6.04. The lowest BCUT2D eigenvalue weighted by Gasteiger charge is -2.34. The van der Waals surface area contributed by atoms with Crippen molar-refractivity contribution >= 4 is 28.9 Å². The molecular formula is C22H24N6O. The van der Waals surface area contributed by atoms with E-state index in [-0.39, 0.29) is 5.91 Å². The third-order valence-electron chi connectivity index (χ3n) is 4.94. The van der Waals surface area contributed by atoms with Crippen molar-refractivity contribution in [3.05, 3.63) is 72.6 Å². The summed E-state index contributed by atoms with van der Waals surface area (Å²) in [6, 6.07) is 17.3. The number of rotatable bonds is 5. The van der Waals surface area contributed by atoms with E-state index in [1.54, 1.807) is 24.5 Å². The molecule has 7 nitrogen and oxygen atoms in total. The molecule has 7 heteroatoms. The van der Waals surface area contributed by atoms with Crippen LogP contribution in [0.25, 0.3) is 0 Å². The van der Waals surface area contributed by atoms with Gasteiger partial charge in [-0.1, -0.05) is 18.2 Å². The molecule has 2 aromatic carbocycles. The van der Waals surface area contributed by atoms with Crippen molar-refractivity contribution < 1.29 is 4.79 Å². The molecule has 0 bridgehead atoms. The molecule has 1 fully saturated rings. The fourth-order valence-corrected chi connectivity index (χ4v) is 3.20. The molecule has 0 atom stereocenters. The molecule has 0 spiro atoms. The number of benzene rings is 2. The number of piperazine rings is 1.